The molecule has 0 fully saturated rings. The molecule has 1 amide bonds. The molecule has 0 unspecified atom stereocenters. The lowest BCUT2D eigenvalue weighted by Gasteiger charge is -2.26. The van der Waals surface area contributed by atoms with Crippen LogP contribution in [0.2, 0.25) is 0 Å². The molecule has 12 nitrogen and oxygen atoms in total. The van der Waals surface area contributed by atoms with Crippen molar-refractivity contribution in [1.29, 1.82) is 0 Å². The number of nitrogens with one attached hydrogen (secondary N) is 1. The van der Waals surface area contributed by atoms with E-state index in [1.54, 1.807) is 13.0 Å². The number of carbonyl (C=O) groups excluding carboxylic acids is 2. The van der Waals surface area contributed by atoms with Crippen molar-refractivity contribution in [3.8, 4) is 11.5 Å². The summed E-state index contributed by atoms with van der Waals surface area (Å²) in [4.78, 5) is 35.3. The van der Waals surface area contributed by atoms with Crippen LogP contribution in [-0.2, 0) is 19.6 Å². The third kappa shape index (κ3) is 5.83. The van der Waals surface area contributed by atoms with E-state index in [-0.39, 0.29) is 22.7 Å². The number of para-hydroxylation sites is 1. The molecule has 0 radical (unpaired) electrons. The standard InChI is InChI=1S/C25H25N3O9S/c1-16-9-10-17(25(30)37-4)13-19(16)26-24(29)15-27(20-12-11-18(35-2)14-22(20)36-3)38(33,34)23-8-6-5-7-21(23)28(31)32/h5-14H,15H2,1-4H3,(H,26,29). The number of carbonyl (C=O) groups is 2. The van der Waals surface area contributed by atoms with Gasteiger partial charge in [-0.1, -0.05) is 18.2 Å². The maximum Gasteiger partial charge on any atom is 0.337 e. The van der Waals surface area contributed by atoms with Crippen molar-refractivity contribution in [2.24, 2.45) is 0 Å². The van der Waals surface area contributed by atoms with Crippen LogP contribution >= 0.6 is 0 Å². The predicted octanol–water partition coefficient (Wildman–Crippen LogP) is 3.54. The number of rotatable bonds is 10. The number of sulfonamides is 1. The van der Waals surface area contributed by atoms with Crippen LogP contribution in [0, 0.1) is 17.0 Å². The Labute approximate surface area is 218 Å². The molecule has 0 atom stereocenters. The molecule has 3 rings (SSSR count). The quantitative estimate of drug-likeness (QED) is 0.230. The van der Waals surface area contributed by atoms with Gasteiger partial charge in [0, 0.05) is 17.8 Å². The minimum Gasteiger partial charge on any atom is -0.497 e. The lowest BCUT2D eigenvalue weighted by atomic mass is 10.1. The van der Waals surface area contributed by atoms with Crippen LogP contribution < -0.4 is 19.1 Å². The smallest absolute Gasteiger partial charge is 0.337 e. The van der Waals surface area contributed by atoms with Crippen molar-refractivity contribution in [2.75, 3.05) is 37.5 Å². The van der Waals surface area contributed by atoms with Gasteiger partial charge in [0.1, 0.15) is 18.0 Å². The number of nitrogens with zero attached hydrogens (tertiary/aromatic N) is 2. The number of nitro benzene ring substituents is 1. The Bertz CT molecular complexity index is 1490. The van der Waals surface area contributed by atoms with Crippen LogP contribution in [0.25, 0.3) is 0 Å². The first kappa shape index (κ1) is 27.9. The maximum absolute atomic E-state index is 13.8. The van der Waals surface area contributed by atoms with E-state index in [4.69, 9.17) is 14.2 Å². The first-order valence-corrected chi connectivity index (χ1v) is 12.4. The Balaban J connectivity index is 2.10. The molecule has 0 spiro atoms. The number of aryl methyl sites for hydroxylation is 1. The summed E-state index contributed by atoms with van der Waals surface area (Å²) >= 11 is 0. The third-order valence-corrected chi connectivity index (χ3v) is 7.31. The van der Waals surface area contributed by atoms with E-state index < -0.39 is 44.0 Å². The lowest BCUT2D eigenvalue weighted by molar-refractivity contribution is -0.387. The van der Waals surface area contributed by atoms with Crippen molar-refractivity contribution in [3.63, 3.8) is 0 Å². The van der Waals surface area contributed by atoms with Gasteiger partial charge in [0.05, 0.1) is 37.5 Å². The summed E-state index contributed by atoms with van der Waals surface area (Å²) in [7, 11) is -0.740. The van der Waals surface area contributed by atoms with Crippen molar-refractivity contribution < 1.29 is 37.1 Å². The van der Waals surface area contributed by atoms with E-state index in [0.29, 0.717) is 15.6 Å². The highest BCUT2D eigenvalue weighted by Gasteiger charge is 2.34. The molecule has 0 saturated heterocycles. The number of hydrogen-bond donors (Lipinski definition) is 1. The van der Waals surface area contributed by atoms with Crippen LogP contribution in [0.15, 0.2) is 65.6 Å². The zero-order chi connectivity index (χ0) is 28.0. The van der Waals surface area contributed by atoms with Crippen molar-refractivity contribution >= 4 is 39.0 Å². The van der Waals surface area contributed by atoms with Gasteiger partial charge in [0.15, 0.2) is 4.90 Å². The van der Waals surface area contributed by atoms with Gasteiger partial charge >= 0.3 is 5.97 Å². The second kappa shape index (κ2) is 11.6. The minimum absolute atomic E-state index is 0.0446. The van der Waals surface area contributed by atoms with E-state index in [2.05, 4.69) is 5.32 Å². The van der Waals surface area contributed by atoms with Crippen LogP contribution in [0.3, 0.4) is 0 Å². The zero-order valence-electron chi connectivity index (χ0n) is 21.0. The highest BCUT2D eigenvalue weighted by molar-refractivity contribution is 7.93. The Kier molecular flexibility index (Phi) is 8.53. The summed E-state index contributed by atoms with van der Waals surface area (Å²) in [6.07, 6.45) is 0. The summed E-state index contributed by atoms with van der Waals surface area (Å²) in [5.41, 5.74) is 0.312. The largest absolute Gasteiger partial charge is 0.497 e. The highest BCUT2D eigenvalue weighted by Crippen LogP contribution is 2.37. The topological polar surface area (TPSA) is 154 Å². The molecule has 1 N–H and O–H groups in total. The molecule has 0 aromatic heterocycles. The molecule has 38 heavy (non-hydrogen) atoms. The first-order valence-electron chi connectivity index (χ1n) is 11.0. The molecule has 200 valence electrons. The number of ether oxygens (including phenoxy) is 3. The van der Waals surface area contributed by atoms with Crippen LogP contribution in [-0.4, -0.2) is 53.1 Å². The molecule has 0 heterocycles. The number of nitro groups is 1. The summed E-state index contributed by atoms with van der Waals surface area (Å²) in [6, 6.07) is 13.6. The van der Waals surface area contributed by atoms with E-state index in [0.717, 1.165) is 12.1 Å². The fourth-order valence-electron chi connectivity index (χ4n) is 3.56. The minimum atomic E-state index is -4.67. The molecule has 0 bridgehead atoms. The zero-order valence-corrected chi connectivity index (χ0v) is 21.8. The van der Waals surface area contributed by atoms with Crippen molar-refractivity contribution in [2.45, 2.75) is 11.8 Å². The SMILES string of the molecule is COC(=O)c1ccc(C)c(NC(=O)CN(c2ccc(OC)cc2OC)S(=O)(=O)c2ccccc2[N+](=O)[O-])c1. The molecule has 3 aromatic rings. The molecular formula is C25H25N3O9S. The third-order valence-electron chi connectivity index (χ3n) is 5.51. The number of hydrogen-bond acceptors (Lipinski definition) is 9. The van der Waals surface area contributed by atoms with Crippen LogP contribution in [0.1, 0.15) is 15.9 Å². The normalized spacial score (nSPS) is 10.8. The van der Waals surface area contributed by atoms with Gasteiger partial charge < -0.3 is 19.5 Å². The van der Waals surface area contributed by atoms with Gasteiger partial charge in [0.25, 0.3) is 15.7 Å². The maximum atomic E-state index is 13.8. The molecule has 0 aliphatic rings. The van der Waals surface area contributed by atoms with Crippen molar-refractivity contribution in [1.82, 2.24) is 0 Å². The molecule has 0 aliphatic heterocycles. The van der Waals surface area contributed by atoms with Gasteiger partial charge in [0.2, 0.25) is 5.91 Å². The van der Waals surface area contributed by atoms with E-state index in [9.17, 15) is 28.1 Å². The number of amides is 1. The van der Waals surface area contributed by atoms with Gasteiger partial charge in [-0.3, -0.25) is 19.2 Å². The van der Waals surface area contributed by atoms with Gasteiger partial charge in [-0.2, -0.15) is 0 Å². The number of methoxy groups -OCH3 is 3. The summed E-state index contributed by atoms with van der Waals surface area (Å²) in [6.45, 7) is 0.907. The Morgan fingerprint density at radius 2 is 1.71 bits per heavy atom. The molecule has 13 heteroatoms. The number of anilines is 2. The Morgan fingerprint density at radius 1 is 1.00 bits per heavy atom. The predicted molar refractivity (Wildman–Crippen MR) is 138 cm³/mol. The fourth-order valence-corrected chi connectivity index (χ4v) is 5.15. The number of benzene rings is 3. The highest BCUT2D eigenvalue weighted by atomic mass is 32.2. The van der Waals surface area contributed by atoms with Crippen LogP contribution in [0.4, 0.5) is 17.1 Å². The van der Waals surface area contributed by atoms with Gasteiger partial charge in [-0.05, 0) is 42.8 Å². The second-order valence-corrected chi connectivity index (χ2v) is 9.67. The first-order chi connectivity index (χ1) is 18.0. The molecule has 0 aliphatic carbocycles. The van der Waals surface area contributed by atoms with Crippen molar-refractivity contribution in [3.05, 3.63) is 81.9 Å². The average molecular weight is 544 g/mol. The summed E-state index contributed by atoms with van der Waals surface area (Å²) in [5.74, 6) is -1.00. The van der Waals surface area contributed by atoms with Gasteiger partial charge in [-0.15, -0.1) is 0 Å². The summed E-state index contributed by atoms with van der Waals surface area (Å²) < 4.78 is 43.6. The number of esters is 1. The molecule has 0 saturated carbocycles. The Morgan fingerprint density at radius 3 is 2.34 bits per heavy atom. The van der Waals surface area contributed by atoms with Crippen LogP contribution in [0.5, 0.6) is 11.5 Å². The Hall–Kier alpha value is -4.65. The second-order valence-electron chi connectivity index (χ2n) is 7.84. The lowest BCUT2D eigenvalue weighted by Crippen LogP contribution is -2.38. The van der Waals surface area contributed by atoms with E-state index >= 15 is 0 Å². The van der Waals surface area contributed by atoms with E-state index in [1.165, 1.54) is 63.8 Å². The molecular weight excluding hydrogens is 518 g/mol. The monoisotopic (exact) mass is 543 g/mol. The van der Waals surface area contributed by atoms with Gasteiger partial charge in [-0.25, -0.2) is 13.2 Å². The van der Waals surface area contributed by atoms with E-state index in [1.807, 2.05) is 0 Å². The average Bonchev–Trinajstić information content (AvgIpc) is 2.92. The fraction of sp³-hybridized carbons (Fsp3) is 0.200. The molecule has 3 aromatic carbocycles. The summed E-state index contributed by atoms with van der Waals surface area (Å²) in [5, 5.41) is 14.2.